The number of nitrogens with one attached hydrogen (secondary N) is 2. The van der Waals surface area contributed by atoms with Crippen LogP contribution in [0, 0.1) is 6.92 Å². The van der Waals surface area contributed by atoms with Crippen LogP contribution in [0.3, 0.4) is 0 Å². The molecule has 29 heavy (non-hydrogen) atoms. The van der Waals surface area contributed by atoms with Crippen molar-refractivity contribution in [3.63, 3.8) is 0 Å². The summed E-state index contributed by atoms with van der Waals surface area (Å²) in [6.07, 6.45) is 0.832. The monoisotopic (exact) mass is 413 g/mol. The lowest BCUT2D eigenvalue weighted by molar-refractivity contribution is 0.0722. The molecule has 0 saturated heterocycles. The molecule has 0 atom stereocenters. The highest BCUT2D eigenvalue weighted by Crippen LogP contribution is 2.21. The maximum absolute atomic E-state index is 12.5. The third-order valence-electron chi connectivity index (χ3n) is 3.87. The van der Waals surface area contributed by atoms with E-state index in [0.29, 0.717) is 28.8 Å². The Morgan fingerprint density at radius 2 is 1.97 bits per heavy atom. The molecule has 0 unspecified atom stereocenters. The van der Waals surface area contributed by atoms with Gasteiger partial charge in [0.15, 0.2) is 0 Å². The third-order valence-corrected chi connectivity index (χ3v) is 4.19. The number of carbonyl (C=O) groups excluding carboxylic acids is 2. The van der Waals surface area contributed by atoms with Crippen LogP contribution in [-0.2, 0) is 0 Å². The SMILES string of the molecule is CCCNC(=O)Nc1cccc(OC(=O)c2nc(C)n(-c3ccccc3Cl)n2)c1. The summed E-state index contributed by atoms with van der Waals surface area (Å²) in [7, 11) is 0. The molecule has 1 aromatic heterocycles. The second-order valence-corrected chi connectivity index (χ2v) is 6.55. The summed E-state index contributed by atoms with van der Waals surface area (Å²) in [6, 6.07) is 13.3. The first-order valence-corrected chi connectivity index (χ1v) is 9.41. The van der Waals surface area contributed by atoms with E-state index in [1.54, 1.807) is 49.4 Å². The number of anilines is 1. The molecule has 0 saturated carbocycles. The van der Waals surface area contributed by atoms with Gasteiger partial charge < -0.3 is 15.4 Å². The van der Waals surface area contributed by atoms with Crippen LogP contribution < -0.4 is 15.4 Å². The fourth-order valence-corrected chi connectivity index (χ4v) is 2.75. The Hall–Kier alpha value is -3.39. The van der Waals surface area contributed by atoms with Gasteiger partial charge in [0.1, 0.15) is 11.6 Å². The summed E-state index contributed by atoms with van der Waals surface area (Å²) in [5.74, 6) is -0.0592. The van der Waals surface area contributed by atoms with Gasteiger partial charge in [-0.25, -0.2) is 19.3 Å². The predicted octanol–water partition coefficient (Wildman–Crippen LogP) is 3.98. The van der Waals surface area contributed by atoms with Crippen molar-refractivity contribution in [1.29, 1.82) is 0 Å². The highest BCUT2D eigenvalue weighted by molar-refractivity contribution is 6.32. The molecule has 9 heteroatoms. The summed E-state index contributed by atoms with van der Waals surface area (Å²) in [6.45, 7) is 4.25. The fourth-order valence-electron chi connectivity index (χ4n) is 2.53. The van der Waals surface area contributed by atoms with Crippen LogP contribution in [0.15, 0.2) is 48.5 Å². The second kappa shape index (κ2) is 9.20. The summed E-state index contributed by atoms with van der Waals surface area (Å²) < 4.78 is 6.84. The quantitative estimate of drug-likeness (QED) is 0.470. The standard InChI is InChI=1S/C20H20ClN5O3/c1-3-11-22-20(28)24-14-7-6-8-15(12-14)29-19(27)18-23-13(2)26(25-18)17-10-5-4-9-16(17)21/h4-10,12H,3,11H2,1-2H3,(H2,22,24,28). The molecule has 0 bridgehead atoms. The molecule has 3 rings (SSSR count). The van der Waals surface area contributed by atoms with Crippen molar-refractivity contribution in [3.05, 3.63) is 65.2 Å². The molecule has 3 aromatic rings. The van der Waals surface area contributed by atoms with Crippen molar-refractivity contribution < 1.29 is 14.3 Å². The number of aryl methyl sites for hydroxylation is 1. The van der Waals surface area contributed by atoms with Crippen LogP contribution in [0.4, 0.5) is 10.5 Å². The Bertz CT molecular complexity index is 1030. The molecule has 0 aliphatic carbocycles. The van der Waals surface area contributed by atoms with E-state index in [4.69, 9.17) is 16.3 Å². The molecule has 0 radical (unpaired) electrons. The van der Waals surface area contributed by atoms with E-state index in [9.17, 15) is 9.59 Å². The minimum Gasteiger partial charge on any atom is -0.421 e. The average Bonchev–Trinajstić information content (AvgIpc) is 3.08. The van der Waals surface area contributed by atoms with Gasteiger partial charge in [-0.1, -0.05) is 36.7 Å². The van der Waals surface area contributed by atoms with Gasteiger partial charge in [-0.2, -0.15) is 0 Å². The number of amides is 2. The first-order chi connectivity index (χ1) is 14.0. The highest BCUT2D eigenvalue weighted by atomic mass is 35.5. The van der Waals surface area contributed by atoms with Crippen molar-refractivity contribution >= 4 is 29.3 Å². The zero-order valence-electron chi connectivity index (χ0n) is 16.0. The van der Waals surface area contributed by atoms with E-state index in [1.807, 2.05) is 13.0 Å². The Morgan fingerprint density at radius 1 is 1.17 bits per heavy atom. The first kappa shape index (κ1) is 20.3. The molecular weight excluding hydrogens is 394 g/mol. The third kappa shape index (κ3) is 5.11. The van der Waals surface area contributed by atoms with Crippen molar-refractivity contribution in [1.82, 2.24) is 20.1 Å². The van der Waals surface area contributed by atoms with Crippen molar-refractivity contribution in [3.8, 4) is 11.4 Å². The largest absolute Gasteiger partial charge is 0.421 e. The molecule has 0 spiro atoms. The molecule has 0 aliphatic heterocycles. The molecule has 150 valence electrons. The van der Waals surface area contributed by atoms with Gasteiger partial charge in [-0.15, -0.1) is 5.10 Å². The van der Waals surface area contributed by atoms with Crippen LogP contribution in [0.1, 0.15) is 29.8 Å². The maximum atomic E-state index is 12.5. The van der Waals surface area contributed by atoms with Gasteiger partial charge in [0.05, 0.1) is 10.7 Å². The number of halogens is 1. The van der Waals surface area contributed by atoms with E-state index in [-0.39, 0.29) is 17.6 Å². The summed E-state index contributed by atoms with van der Waals surface area (Å²) in [4.78, 5) is 28.4. The number of urea groups is 1. The number of aromatic nitrogens is 3. The van der Waals surface area contributed by atoms with Crippen LogP contribution in [0.2, 0.25) is 5.02 Å². The molecule has 2 aromatic carbocycles. The number of hydrogen-bond donors (Lipinski definition) is 2. The summed E-state index contributed by atoms with van der Waals surface area (Å²) >= 11 is 6.20. The van der Waals surface area contributed by atoms with Crippen LogP contribution in [0.25, 0.3) is 5.69 Å². The molecule has 1 heterocycles. The van der Waals surface area contributed by atoms with E-state index in [0.717, 1.165) is 6.42 Å². The Labute approximate surface area is 172 Å². The van der Waals surface area contributed by atoms with Gasteiger partial charge in [0.25, 0.3) is 5.82 Å². The number of para-hydroxylation sites is 1. The van der Waals surface area contributed by atoms with Gasteiger partial charge >= 0.3 is 12.0 Å². The predicted molar refractivity (Wildman–Crippen MR) is 110 cm³/mol. The van der Waals surface area contributed by atoms with Gasteiger partial charge in [-0.3, -0.25) is 0 Å². The zero-order chi connectivity index (χ0) is 20.8. The molecule has 8 nitrogen and oxygen atoms in total. The fraction of sp³-hybridized carbons (Fsp3) is 0.200. The van der Waals surface area contributed by atoms with E-state index in [1.165, 1.54) is 4.68 Å². The van der Waals surface area contributed by atoms with Crippen LogP contribution in [0.5, 0.6) is 5.75 Å². The lowest BCUT2D eigenvalue weighted by atomic mass is 10.3. The Morgan fingerprint density at radius 3 is 2.72 bits per heavy atom. The smallest absolute Gasteiger partial charge is 0.383 e. The number of nitrogens with zero attached hydrogens (tertiary/aromatic N) is 3. The lowest BCUT2D eigenvalue weighted by Gasteiger charge is -2.08. The van der Waals surface area contributed by atoms with Crippen LogP contribution >= 0.6 is 11.6 Å². The lowest BCUT2D eigenvalue weighted by Crippen LogP contribution is -2.29. The molecule has 2 amide bonds. The minimum absolute atomic E-state index is 0.0959. The number of benzene rings is 2. The molecular formula is C20H20ClN5O3. The van der Waals surface area contributed by atoms with Crippen LogP contribution in [-0.4, -0.2) is 33.3 Å². The summed E-state index contributed by atoms with van der Waals surface area (Å²) in [5, 5.41) is 10.1. The van der Waals surface area contributed by atoms with Crippen molar-refractivity contribution in [2.75, 3.05) is 11.9 Å². The van der Waals surface area contributed by atoms with Gasteiger partial charge in [0.2, 0.25) is 0 Å². The summed E-state index contributed by atoms with van der Waals surface area (Å²) in [5.41, 5.74) is 1.11. The number of rotatable bonds is 6. The normalized spacial score (nSPS) is 10.4. The number of ether oxygens (including phenoxy) is 1. The molecule has 2 N–H and O–H groups in total. The second-order valence-electron chi connectivity index (χ2n) is 6.14. The van der Waals surface area contributed by atoms with Crippen molar-refractivity contribution in [2.45, 2.75) is 20.3 Å². The van der Waals surface area contributed by atoms with E-state index < -0.39 is 5.97 Å². The first-order valence-electron chi connectivity index (χ1n) is 9.03. The van der Waals surface area contributed by atoms with E-state index in [2.05, 4.69) is 20.7 Å². The van der Waals surface area contributed by atoms with Gasteiger partial charge in [0, 0.05) is 18.3 Å². The average molecular weight is 414 g/mol. The molecule has 0 fully saturated rings. The Balaban J connectivity index is 1.73. The zero-order valence-corrected chi connectivity index (χ0v) is 16.7. The minimum atomic E-state index is -0.716. The highest BCUT2D eigenvalue weighted by Gasteiger charge is 2.18. The molecule has 0 aliphatic rings. The number of carbonyl (C=O) groups is 2. The van der Waals surface area contributed by atoms with E-state index >= 15 is 0 Å². The maximum Gasteiger partial charge on any atom is 0.383 e. The topological polar surface area (TPSA) is 98.1 Å². The number of esters is 1. The van der Waals surface area contributed by atoms with Gasteiger partial charge in [-0.05, 0) is 37.6 Å². The Kier molecular flexibility index (Phi) is 6.46. The van der Waals surface area contributed by atoms with Crippen molar-refractivity contribution in [2.24, 2.45) is 0 Å². The number of hydrogen-bond acceptors (Lipinski definition) is 5.